The standard InChI is InChI=1S/C17H24N2O3/c1-17(2,3)22-16(21)19-11-5-4-6-13-7-9-14(10-8-13)15(20)12-18/h4,6-10H,5,11-12,18H2,1-3H3,(H,19,21). The van der Waals surface area contributed by atoms with E-state index >= 15 is 0 Å². The minimum Gasteiger partial charge on any atom is -0.444 e. The van der Waals surface area contributed by atoms with Gasteiger partial charge in [-0.15, -0.1) is 0 Å². The fourth-order valence-electron chi connectivity index (χ4n) is 1.69. The first kappa shape index (κ1) is 17.9. The van der Waals surface area contributed by atoms with E-state index in [9.17, 15) is 9.59 Å². The number of benzene rings is 1. The Balaban J connectivity index is 2.34. The summed E-state index contributed by atoms with van der Waals surface area (Å²) in [6, 6.07) is 7.24. The highest BCUT2D eigenvalue weighted by Crippen LogP contribution is 2.08. The Bertz CT molecular complexity index is 528. The fourth-order valence-corrected chi connectivity index (χ4v) is 1.69. The van der Waals surface area contributed by atoms with Crippen molar-refractivity contribution < 1.29 is 14.3 Å². The molecule has 22 heavy (non-hydrogen) atoms. The van der Waals surface area contributed by atoms with E-state index in [4.69, 9.17) is 10.5 Å². The highest BCUT2D eigenvalue weighted by Gasteiger charge is 2.15. The lowest BCUT2D eigenvalue weighted by atomic mass is 10.1. The van der Waals surface area contributed by atoms with Gasteiger partial charge in [-0.3, -0.25) is 4.79 Å². The maximum Gasteiger partial charge on any atom is 0.407 e. The fraction of sp³-hybridized carbons (Fsp3) is 0.412. The molecule has 0 atom stereocenters. The van der Waals surface area contributed by atoms with E-state index in [1.165, 1.54) is 0 Å². The number of carbonyl (C=O) groups is 2. The van der Waals surface area contributed by atoms with E-state index in [1.807, 2.05) is 45.1 Å². The second kappa shape index (κ2) is 8.34. The highest BCUT2D eigenvalue weighted by atomic mass is 16.6. The molecule has 3 N–H and O–H groups in total. The molecule has 0 saturated heterocycles. The van der Waals surface area contributed by atoms with E-state index in [0.29, 0.717) is 18.5 Å². The molecule has 0 radical (unpaired) electrons. The summed E-state index contributed by atoms with van der Waals surface area (Å²) in [6.45, 7) is 6.00. The summed E-state index contributed by atoms with van der Waals surface area (Å²) in [7, 11) is 0. The number of carbonyl (C=O) groups excluding carboxylic acids is 2. The number of Topliss-reactive ketones (excluding diaryl/α,β-unsaturated/α-hetero) is 1. The predicted molar refractivity (Wildman–Crippen MR) is 87.7 cm³/mol. The minimum absolute atomic E-state index is 0.0194. The van der Waals surface area contributed by atoms with Gasteiger partial charge < -0.3 is 15.8 Å². The van der Waals surface area contributed by atoms with Crippen LogP contribution in [0.3, 0.4) is 0 Å². The second-order valence-electron chi connectivity index (χ2n) is 5.87. The molecule has 1 rings (SSSR count). The summed E-state index contributed by atoms with van der Waals surface area (Å²) < 4.78 is 5.13. The topological polar surface area (TPSA) is 81.4 Å². The third-order valence-electron chi connectivity index (χ3n) is 2.71. The van der Waals surface area contributed by atoms with Gasteiger partial charge in [0.05, 0.1) is 6.54 Å². The normalized spacial score (nSPS) is 11.5. The largest absolute Gasteiger partial charge is 0.444 e. The van der Waals surface area contributed by atoms with Gasteiger partial charge in [0.1, 0.15) is 5.60 Å². The van der Waals surface area contributed by atoms with E-state index in [1.54, 1.807) is 12.1 Å². The van der Waals surface area contributed by atoms with Crippen molar-refractivity contribution in [3.63, 3.8) is 0 Å². The molecule has 0 unspecified atom stereocenters. The highest BCUT2D eigenvalue weighted by molar-refractivity contribution is 5.97. The molecule has 5 nitrogen and oxygen atoms in total. The van der Waals surface area contributed by atoms with Crippen molar-refractivity contribution in [2.24, 2.45) is 5.73 Å². The molecule has 0 fully saturated rings. The molecule has 1 aromatic carbocycles. The predicted octanol–water partition coefficient (Wildman–Crippen LogP) is 2.76. The SMILES string of the molecule is CC(C)(C)OC(=O)NCCC=Cc1ccc(C(=O)CN)cc1. The maximum absolute atomic E-state index is 11.4. The summed E-state index contributed by atoms with van der Waals surface area (Å²) in [5.74, 6) is -0.0721. The summed E-state index contributed by atoms with van der Waals surface area (Å²) in [6.07, 6.45) is 4.18. The molecule has 0 aliphatic carbocycles. The van der Waals surface area contributed by atoms with Crippen LogP contribution in [-0.2, 0) is 4.74 Å². The summed E-state index contributed by atoms with van der Waals surface area (Å²) in [4.78, 5) is 22.8. The van der Waals surface area contributed by atoms with Gasteiger partial charge in [-0.1, -0.05) is 36.4 Å². The molecule has 0 aliphatic heterocycles. The zero-order valence-corrected chi connectivity index (χ0v) is 13.4. The van der Waals surface area contributed by atoms with Gasteiger partial charge in [-0.2, -0.15) is 0 Å². The molecule has 1 aromatic rings. The van der Waals surface area contributed by atoms with E-state index < -0.39 is 11.7 Å². The van der Waals surface area contributed by atoms with Crippen LogP contribution in [0, 0.1) is 0 Å². The molecule has 0 spiro atoms. The van der Waals surface area contributed by atoms with Crippen molar-refractivity contribution in [1.29, 1.82) is 0 Å². The Morgan fingerprint density at radius 2 is 1.86 bits per heavy atom. The molecule has 5 heteroatoms. The first-order chi connectivity index (χ1) is 10.3. The average Bonchev–Trinajstić information content (AvgIpc) is 2.45. The van der Waals surface area contributed by atoms with Crippen LogP contribution in [0.1, 0.15) is 43.1 Å². The van der Waals surface area contributed by atoms with Crippen LogP contribution in [0.2, 0.25) is 0 Å². The van der Waals surface area contributed by atoms with Crippen molar-refractivity contribution >= 4 is 18.0 Å². The molecule has 0 saturated carbocycles. The van der Waals surface area contributed by atoms with Gasteiger partial charge >= 0.3 is 6.09 Å². The van der Waals surface area contributed by atoms with Crippen LogP contribution < -0.4 is 11.1 Å². The van der Waals surface area contributed by atoms with Crippen molar-refractivity contribution in [1.82, 2.24) is 5.32 Å². The lowest BCUT2D eigenvalue weighted by molar-refractivity contribution is 0.0528. The Morgan fingerprint density at radius 3 is 2.41 bits per heavy atom. The molecule has 120 valence electrons. The number of ketones is 1. The van der Waals surface area contributed by atoms with E-state index in [2.05, 4.69) is 5.32 Å². The second-order valence-corrected chi connectivity index (χ2v) is 5.87. The van der Waals surface area contributed by atoms with Gasteiger partial charge in [0.25, 0.3) is 0 Å². The Hall–Kier alpha value is -2.14. The van der Waals surface area contributed by atoms with E-state index in [-0.39, 0.29) is 12.3 Å². The smallest absolute Gasteiger partial charge is 0.407 e. The number of hydrogen-bond donors (Lipinski definition) is 2. The molecular formula is C17H24N2O3. The lowest BCUT2D eigenvalue weighted by Gasteiger charge is -2.19. The van der Waals surface area contributed by atoms with E-state index in [0.717, 1.165) is 5.56 Å². The van der Waals surface area contributed by atoms with Crippen LogP contribution in [0.25, 0.3) is 6.08 Å². The number of nitrogens with one attached hydrogen (secondary N) is 1. The van der Waals surface area contributed by atoms with Crippen LogP contribution in [-0.4, -0.2) is 30.6 Å². The van der Waals surface area contributed by atoms with Crippen LogP contribution >= 0.6 is 0 Å². The van der Waals surface area contributed by atoms with Gasteiger partial charge in [0, 0.05) is 12.1 Å². The summed E-state index contributed by atoms with van der Waals surface area (Å²) in [5, 5.41) is 2.69. The average molecular weight is 304 g/mol. The van der Waals surface area contributed by atoms with Crippen molar-refractivity contribution in [3.8, 4) is 0 Å². The molecule has 0 aliphatic rings. The first-order valence-electron chi connectivity index (χ1n) is 7.28. The zero-order chi connectivity index (χ0) is 16.6. The minimum atomic E-state index is -0.483. The van der Waals surface area contributed by atoms with Gasteiger partial charge in [0.15, 0.2) is 5.78 Å². The summed E-state index contributed by atoms with van der Waals surface area (Å²) >= 11 is 0. The first-order valence-corrected chi connectivity index (χ1v) is 7.28. The van der Waals surface area contributed by atoms with Crippen molar-refractivity contribution in [2.75, 3.05) is 13.1 Å². The van der Waals surface area contributed by atoms with Crippen molar-refractivity contribution in [3.05, 3.63) is 41.5 Å². The van der Waals surface area contributed by atoms with Crippen LogP contribution in [0.4, 0.5) is 4.79 Å². The number of amides is 1. The number of hydrogen-bond acceptors (Lipinski definition) is 4. The lowest BCUT2D eigenvalue weighted by Crippen LogP contribution is -2.32. The van der Waals surface area contributed by atoms with Crippen molar-refractivity contribution in [2.45, 2.75) is 32.8 Å². The van der Waals surface area contributed by atoms with Gasteiger partial charge in [-0.05, 0) is 32.8 Å². The third-order valence-corrected chi connectivity index (χ3v) is 2.71. The van der Waals surface area contributed by atoms with Gasteiger partial charge in [0.2, 0.25) is 0 Å². The number of alkyl carbamates (subject to hydrolysis) is 1. The monoisotopic (exact) mass is 304 g/mol. The van der Waals surface area contributed by atoms with Crippen LogP contribution in [0.15, 0.2) is 30.3 Å². The molecule has 0 heterocycles. The Labute approximate surface area is 131 Å². The van der Waals surface area contributed by atoms with Crippen LogP contribution in [0.5, 0.6) is 0 Å². The number of nitrogens with two attached hydrogens (primary N) is 1. The third kappa shape index (κ3) is 7.04. The molecule has 0 aromatic heterocycles. The molecule has 0 bridgehead atoms. The Morgan fingerprint density at radius 1 is 1.23 bits per heavy atom. The molecular weight excluding hydrogens is 280 g/mol. The number of ether oxygens (including phenoxy) is 1. The maximum atomic E-state index is 11.4. The molecule has 1 amide bonds. The van der Waals surface area contributed by atoms with Gasteiger partial charge in [-0.25, -0.2) is 4.79 Å². The quantitative estimate of drug-likeness (QED) is 0.625. The summed E-state index contributed by atoms with van der Waals surface area (Å²) in [5.41, 5.74) is 6.43. The number of rotatable bonds is 6. The zero-order valence-electron chi connectivity index (χ0n) is 13.4. The Kier molecular flexibility index (Phi) is 6.79.